The van der Waals surface area contributed by atoms with Gasteiger partial charge in [0.15, 0.2) is 6.61 Å². The van der Waals surface area contributed by atoms with Crippen LogP contribution in [-0.2, 0) is 14.3 Å². The maximum absolute atomic E-state index is 12.2. The van der Waals surface area contributed by atoms with Gasteiger partial charge in [0.1, 0.15) is 17.4 Å². The number of amides is 1. The highest BCUT2D eigenvalue weighted by atomic mass is 16.5. The van der Waals surface area contributed by atoms with E-state index in [1.807, 2.05) is 13.0 Å². The summed E-state index contributed by atoms with van der Waals surface area (Å²) in [5, 5.41) is 9.21. The minimum Gasteiger partial charge on any atom is -0.494 e. The molecule has 1 aromatic carbocycles. The molecule has 0 aliphatic carbocycles. The lowest BCUT2D eigenvalue weighted by molar-refractivity contribution is -0.148. The Morgan fingerprint density at radius 3 is 2.38 bits per heavy atom. The Kier molecular flexibility index (Phi) is 7.69. The molecule has 26 heavy (non-hydrogen) atoms. The van der Waals surface area contributed by atoms with Gasteiger partial charge in [-0.2, -0.15) is 5.26 Å². The van der Waals surface area contributed by atoms with Crippen molar-refractivity contribution in [3.63, 3.8) is 0 Å². The third kappa shape index (κ3) is 5.92. The first kappa shape index (κ1) is 19.5. The second kappa shape index (κ2) is 10.2. The number of benzene rings is 1. The van der Waals surface area contributed by atoms with E-state index >= 15 is 0 Å². The Bertz CT molecular complexity index is 681. The highest BCUT2D eigenvalue weighted by Gasteiger charge is 2.18. The number of carbonyl (C=O) groups is 2. The third-order valence-electron chi connectivity index (χ3n) is 4.13. The summed E-state index contributed by atoms with van der Waals surface area (Å²) >= 11 is 0. The first-order valence-corrected chi connectivity index (χ1v) is 8.93. The van der Waals surface area contributed by atoms with Gasteiger partial charge in [-0.15, -0.1) is 0 Å². The maximum atomic E-state index is 12.2. The van der Waals surface area contributed by atoms with E-state index in [-0.39, 0.29) is 18.1 Å². The standard InChI is InChI=1S/C20H24N2O4/c1-2-25-18-9-7-16(8-10-18)13-17(14-21)20(24)26-15-19(23)22-11-5-3-4-6-12-22/h7-10,13H,2-6,11-12,15H2,1H3/b17-13+. The van der Waals surface area contributed by atoms with Crippen molar-refractivity contribution < 1.29 is 19.1 Å². The van der Waals surface area contributed by atoms with Gasteiger partial charge in [-0.05, 0) is 43.5 Å². The molecule has 138 valence electrons. The molecule has 1 fully saturated rings. The molecule has 0 atom stereocenters. The number of likely N-dealkylation sites (tertiary alicyclic amines) is 1. The normalized spacial score (nSPS) is 14.9. The summed E-state index contributed by atoms with van der Waals surface area (Å²) < 4.78 is 10.4. The average Bonchev–Trinajstić information content (AvgIpc) is 2.95. The number of nitriles is 1. The zero-order valence-corrected chi connectivity index (χ0v) is 15.1. The van der Waals surface area contributed by atoms with Crippen molar-refractivity contribution in [1.82, 2.24) is 4.90 Å². The smallest absolute Gasteiger partial charge is 0.349 e. The van der Waals surface area contributed by atoms with Gasteiger partial charge in [0, 0.05) is 13.1 Å². The Hall–Kier alpha value is -2.81. The second-order valence-electron chi connectivity index (χ2n) is 6.04. The van der Waals surface area contributed by atoms with E-state index in [1.54, 1.807) is 29.2 Å². The summed E-state index contributed by atoms with van der Waals surface area (Å²) in [4.78, 5) is 26.0. The Morgan fingerprint density at radius 1 is 1.15 bits per heavy atom. The van der Waals surface area contributed by atoms with Crippen LogP contribution in [0.4, 0.5) is 0 Å². The van der Waals surface area contributed by atoms with Crippen LogP contribution >= 0.6 is 0 Å². The topological polar surface area (TPSA) is 79.6 Å². The van der Waals surface area contributed by atoms with E-state index in [0.717, 1.165) is 25.7 Å². The van der Waals surface area contributed by atoms with Crippen LogP contribution in [0.3, 0.4) is 0 Å². The molecule has 1 saturated heterocycles. The van der Waals surface area contributed by atoms with Crippen LogP contribution in [0, 0.1) is 11.3 Å². The van der Waals surface area contributed by atoms with E-state index in [1.165, 1.54) is 6.08 Å². The summed E-state index contributed by atoms with van der Waals surface area (Å²) in [5.41, 5.74) is 0.540. The zero-order chi connectivity index (χ0) is 18.8. The van der Waals surface area contributed by atoms with Gasteiger partial charge in [0.2, 0.25) is 0 Å². The lowest BCUT2D eigenvalue weighted by Crippen LogP contribution is -2.35. The Labute approximate surface area is 154 Å². The summed E-state index contributed by atoms with van der Waals surface area (Å²) in [5.74, 6) is -0.281. The molecule has 1 amide bonds. The highest BCUT2D eigenvalue weighted by Crippen LogP contribution is 2.15. The van der Waals surface area contributed by atoms with Gasteiger partial charge < -0.3 is 14.4 Å². The molecule has 0 N–H and O–H groups in total. The fourth-order valence-electron chi connectivity index (χ4n) is 2.75. The lowest BCUT2D eigenvalue weighted by atomic mass is 10.1. The Morgan fingerprint density at radius 2 is 1.81 bits per heavy atom. The molecule has 1 heterocycles. The van der Waals surface area contributed by atoms with Crippen molar-refractivity contribution in [1.29, 1.82) is 5.26 Å². The summed E-state index contributed by atoms with van der Waals surface area (Å²) in [7, 11) is 0. The van der Waals surface area contributed by atoms with Gasteiger partial charge in [0.05, 0.1) is 6.61 Å². The molecule has 6 nitrogen and oxygen atoms in total. The molecule has 2 rings (SSSR count). The monoisotopic (exact) mass is 356 g/mol. The van der Waals surface area contributed by atoms with E-state index in [9.17, 15) is 14.9 Å². The van der Waals surface area contributed by atoms with Crippen LogP contribution in [-0.4, -0.2) is 43.1 Å². The van der Waals surface area contributed by atoms with Crippen molar-refractivity contribution in [2.75, 3.05) is 26.3 Å². The molecular formula is C20H24N2O4. The SMILES string of the molecule is CCOc1ccc(/C=C(\C#N)C(=O)OCC(=O)N2CCCCCC2)cc1. The predicted octanol–water partition coefficient (Wildman–Crippen LogP) is 2.94. The highest BCUT2D eigenvalue weighted by molar-refractivity contribution is 5.98. The summed E-state index contributed by atoms with van der Waals surface area (Å²) in [6.07, 6.45) is 5.62. The predicted molar refractivity (Wildman–Crippen MR) is 97.2 cm³/mol. The third-order valence-corrected chi connectivity index (χ3v) is 4.13. The van der Waals surface area contributed by atoms with Crippen LogP contribution in [0.25, 0.3) is 6.08 Å². The van der Waals surface area contributed by atoms with Crippen molar-refractivity contribution in [3.8, 4) is 11.8 Å². The largest absolute Gasteiger partial charge is 0.494 e. The number of esters is 1. The van der Waals surface area contributed by atoms with Gasteiger partial charge in [0.25, 0.3) is 5.91 Å². The molecule has 0 saturated carbocycles. The number of ether oxygens (including phenoxy) is 2. The van der Waals surface area contributed by atoms with E-state index < -0.39 is 5.97 Å². The number of hydrogen-bond donors (Lipinski definition) is 0. The van der Waals surface area contributed by atoms with Crippen molar-refractivity contribution in [2.45, 2.75) is 32.6 Å². The summed E-state index contributed by atoms with van der Waals surface area (Å²) in [6.45, 7) is 3.52. The molecular weight excluding hydrogens is 332 g/mol. The molecule has 0 radical (unpaired) electrons. The van der Waals surface area contributed by atoms with Crippen LogP contribution in [0.15, 0.2) is 29.8 Å². The van der Waals surface area contributed by atoms with Gasteiger partial charge in [-0.25, -0.2) is 4.79 Å². The lowest BCUT2D eigenvalue weighted by Gasteiger charge is -2.19. The fourth-order valence-corrected chi connectivity index (χ4v) is 2.75. The van der Waals surface area contributed by atoms with E-state index in [2.05, 4.69) is 0 Å². The van der Waals surface area contributed by atoms with Gasteiger partial charge in [-0.1, -0.05) is 25.0 Å². The van der Waals surface area contributed by atoms with Gasteiger partial charge in [-0.3, -0.25) is 4.79 Å². The van der Waals surface area contributed by atoms with Crippen molar-refractivity contribution >= 4 is 18.0 Å². The molecule has 1 aliphatic rings. The van der Waals surface area contributed by atoms with Crippen molar-refractivity contribution in [2.24, 2.45) is 0 Å². The van der Waals surface area contributed by atoms with E-state index in [4.69, 9.17) is 9.47 Å². The van der Waals surface area contributed by atoms with Crippen LogP contribution in [0.2, 0.25) is 0 Å². The van der Waals surface area contributed by atoms with Crippen LogP contribution in [0.5, 0.6) is 5.75 Å². The number of nitrogens with zero attached hydrogens (tertiary/aromatic N) is 2. The maximum Gasteiger partial charge on any atom is 0.349 e. The quantitative estimate of drug-likeness (QED) is 0.445. The average molecular weight is 356 g/mol. The number of rotatable bonds is 6. The second-order valence-corrected chi connectivity index (χ2v) is 6.04. The van der Waals surface area contributed by atoms with Crippen LogP contribution in [0.1, 0.15) is 38.2 Å². The molecule has 0 aromatic heterocycles. The summed E-state index contributed by atoms with van der Waals surface area (Å²) in [6, 6.07) is 8.85. The fraction of sp³-hybridized carbons (Fsp3) is 0.450. The molecule has 6 heteroatoms. The minimum absolute atomic E-state index is 0.141. The molecule has 0 unspecified atom stereocenters. The molecule has 1 aliphatic heterocycles. The first-order chi connectivity index (χ1) is 12.6. The zero-order valence-electron chi connectivity index (χ0n) is 15.1. The molecule has 1 aromatic rings. The minimum atomic E-state index is -0.787. The van der Waals surface area contributed by atoms with Crippen LogP contribution < -0.4 is 4.74 Å². The molecule has 0 spiro atoms. The number of carbonyl (C=O) groups excluding carboxylic acids is 2. The van der Waals surface area contributed by atoms with E-state index in [0.29, 0.717) is 31.0 Å². The van der Waals surface area contributed by atoms with Gasteiger partial charge >= 0.3 is 5.97 Å². The first-order valence-electron chi connectivity index (χ1n) is 8.93. The number of hydrogen-bond acceptors (Lipinski definition) is 5. The molecule has 0 bridgehead atoms. The Balaban J connectivity index is 1.93. The van der Waals surface area contributed by atoms with Crippen molar-refractivity contribution in [3.05, 3.63) is 35.4 Å².